The van der Waals surface area contributed by atoms with E-state index in [1.807, 2.05) is 0 Å². The molecule has 0 radical (unpaired) electrons. The molecule has 0 aromatic carbocycles. The van der Waals surface area contributed by atoms with Gasteiger partial charge in [0.05, 0.1) is 24.7 Å². The number of hydrogen-bond donors (Lipinski definition) is 6. The van der Waals surface area contributed by atoms with Gasteiger partial charge in [0.25, 0.3) is 0 Å². The minimum absolute atomic E-state index is 0.0184. The summed E-state index contributed by atoms with van der Waals surface area (Å²) in [6.07, 6.45) is -4.47. The molecule has 2 heterocycles. The Hall–Kier alpha value is -1.68. The maximum absolute atomic E-state index is 13.1. The first-order chi connectivity index (χ1) is 26.0. The van der Waals surface area contributed by atoms with Crippen molar-refractivity contribution in [1.82, 2.24) is 0 Å². The molecular formula is C43H68O13. The van der Waals surface area contributed by atoms with Crippen LogP contribution in [0.3, 0.4) is 0 Å². The Kier molecular flexibility index (Phi) is 10.8. The van der Waals surface area contributed by atoms with Crippen molar-refractivity contribution in [1.29, 1.82) is 0 Å². The lowest BCUT2D eigenvalue weighted by Gasteiger charge is -2.71. The first-order valence-corrected chi connectivity index (χ1v) is 21.0. The predicted molar refractivity (Wildman–Crippen MR) is 201 cm³/mol. The zero-order chi connectivity index (χ0) is 41.1. The average molecular weight is 793 g/mol. The van der Waals surface area contributed by atoms with Crippen LogP contribution in [0.5, 0.6) is 0 Å². The molecule has 2 saturated heterocycles. The maximum atomic E-state index is 13.1. The Morgan fingerprint density at radius 2 is 1.39 bits per heavy atom. The van der Waals surface area contributed by atoms with Gasteiger partial charge in [-0.3, -0.25) is 4.79 Å². The van der Waals surface area contributed by atoms with Crippen molar-refractivity contribution >= 4 is 11.9 Å². The van der Waals surface area contributed by atoms with Crippen molar-refractivity contribution in [2.24, 2.45) is 50.2 Å². The van der Waals surface area contributed by atoms with Gasteiger partial charge in [-0.05, 0) is 116 Å². The molecule has 318 valence electrons. The number of methoxy groups -OCH3 is 1. The predicted octanol–water partition coefficient (Wildman–Crippen LogP) is 4.09. The van der Waals surface area contributed by atoms with Gasteiger partial charge >= 0.3 is 11.9 Å². The molecule has 13 heteroatoms. The number of aliphatic hydroxyl groups excluding tert-OH is 5. The lowest BCUT2D eigenvalue weighted by Crippen LogP contribution is -2.67. The summed E-state index contributed by atoms with van der Waals surface area (Å²) in [5, 5.41) is 64.6. The first kappa shape index (κ1) is 42.4. The molecular weight excluding hydrogens is 724 g/mol. The number of carbonyl (C=O) groups excluding carboxylic acids is 1. The van der Waals surface area contributed by atoms with Crippen molar-refractivity contribution < 1.29 is 63.9 Å². The summed E-state index contributed by atoms with van der Waals surface area (Å²) >= 11 is 0. The van der Waals surface area contributed by atoms with Crippen LogP contribution >= 0.6 is 0 Å². The van der Waals surface area contributed by atoms with Crippen LogP contribution in [0.1, 0.15) is 120 Å². The van der Waals surface area contributed by atoms with E-state index < -0.39 is 90.3 Å². The summed E-state index contributed by atoms with van der Waals surface area (Å²) in [5.41, 5.74) is 0.239. The highest BCUT2D eigenvalue weighted by Gasteiger charge is 2.69. The SMILES string of the molecule is COC(=O)[C@H]1O[C@@H](O[C@H]2CC[C@]3(C)[C@H]4CC=C5[C@@H]6CC(C)(C)CC[C@]6(C(=O)O)CC[C@@]5(C)[C@]4(C)CC[C@H]3C2(C)C)[C@H](O)[C@@H](O)[C@@H]1O[C@@H]1O[C@@H](C)[C@H](O)[C@@H](O)[C@H]1O. The number of hydrogen-bond acceptors (Lipinski definition) is 12. The van der Waals surface area contributed by atoms with Gasteiger partial charge in [-0.25, -0.2) is 4.79 Å². The monoisotopic (exact) mass is 792 g/mol. The van der Waals surface area contributed by atoms with Gasteiger partial charge in [-0.1, -0.05) is 60.1 Å². The van der Waals surface area contributed by atoms with E-state index in [1.54, 1.807) is 0 Å². The van der Waals surface area contributed by atoms with Crippen molar-refractivity contribution in [2.75, 3.05) is 7.11 Å². The Morgan fingerprint density at radius 3 is 2.05 bits per heavy atom. The van der Waals surface area contributed by atoms with Gasteiger partial charge in [-0.15, -0.1) is 0 Å². The minimum atomic E-state index is -1.73. The molecule has 6 N–H and O–H groups in total. The van der Waals surface area contributed by atoms with Crippen LogP contribution in [0.25, 0.3) is 0 Å². The third kappa shape index (κ3) is 6.18. The Morgan fingerprint density at radius 1 is 0.750 bits per heavy atom. The van der Waals surface area contributed by atoms with Crippen LogP contribution in [0.15, 0.2) is 11.6 Å². The number of aliphatic hydroxyl groups is 5. The topological polar surface area (TPSA) is 202 Å². The standard InChI is InChI=1S/C43H68O13/c1-21-27(44)28(45)30(47)35(53-21)55-32-29(46)31(48)36(56-33(32)34(49)52-9)54-26-13-14-40(6)24(39(26,4)5)12-15-42(8)25(40)11-10-22-23-20-38(2,3)16-18-43(23,37(50)51)19-17-41(22,42)7/h10,21,23-33,35-36,44-48H,11-20H2,1-9H3,(H,50,51)/t21-,23-,24-,25+,26-,27-,28+,29+,30+,31+,32-,33-,35-,36+,40-,41+,42+,43-/m0/s1. The summed E-state index contributed by atoms with van der Waals surface area (Å²) in [7, 11) is 1.15. The van der Waals surface area contributed by atoms with Crippen molar-refractivity contribution in [2.45, 2.75) is 187 Å². The number of rotatable bonds is 6. The molecule has 0 amide bonds. The van der Waals surface area contributed by atoms with Gasteiger partial charge in [0.2, 0.25) is 0 Å². The van der Waals surface area contributed by atoms with E-state index >= 15 is 0 Å². The Labute approximate surface area is 331 Å². The number of allylic oxidation sites excluding steroid dienone is 2. The lowest BCUT2D eigenvalue weighted by molar-refractivity contribution is -0.361. The number of carboxylic acids is 1. The molecule has 13 nitrogen and oxygen atoms in total. The quantitative estimate of drug-likeness (QED) is 0.128. The third-order valence-corrected chi connectivity index (χ3v) is 17.4. The second kappa shape index (κ2) is 14.2. The largest absolute Gasteiger partial charge is 0.481 e. The lowest BCUT2D eigenvalue weighted by atomic mass is 9.33. The fourth-order valence-corrected chi connectivity index (χ4v) is 13.7. The molecule has 7 rings (SSSR count). The van der Waals surface area contributed by atoms with E-state index in [1.165, 1.54) is 12.5 Å². The van der Waals surface area contributed by atoms with Gasteiger partial charge in [0.1, 0.15) is 36.6 Å². The highest BCUT2D eigenvalue weighted by molar-refractivity contribution is 5.77. The molecule has 7 aliphatic rings. The van der Waals surface area contributed by atoms with Crippen LogP contribution < -0.4 is 0 Å². The molecule has 4 saturated carbocycles. The number of ether oxygens (including phenoxy) is 5. The normalized spacial score (nSPS) is 52.3. The van der Waals surface area contributed by atoms with Crippen LogP contribution in [-0.4, -0.2) is 117 Å². The van der Waals surface area contributed by atoms with Gasteiger partial charge in [0, 0.05) is 0 Å². The number of aliphatic carboxylic acids is 1. The van der Waals surface area contributed by atoms with Crippen molar-refractivity contribution in [3.8, 4) is 0 Å². The zero-order valence-electron chi connectivity index (χ0n) is 34.8. The number of fused-ring (bicyclic) bond motifs is 7. The summed E-state index contributed by atoms with van der Waals surface area (Å²) < 4.78 is 29.0. The second-order valence-corrected chi connectivity index (χ2v) is 20.9. The summed E-state index contributed by atoms with van der Waals surface area (Å²) in [6, 6.07) is 0. The zero-order valence-corrected chi connectivity index (χ0v) is 34.8. The molecule has 56 heavy (non-hydrogen) atoms. The summed E-state index contributed by atoms with van der Waals surface area (Å²) in [4.78, 5) is 26.1. The van der Waals surface area contributed by atoms with Gasteiger partial charge in [-0.2, -0.15) is 0 Å². The van der Waals surface area contributed by atoms with Crippen molar-refractivity contribution in [3.63, 3.8) is 0 Å². The number of carboxylic acid groups (broad SMARTS) is 1. The molecule has 0 aromatic heterocycles. The molecule has 0 unspecified atom stereocenters. The Balaban J connectivity index is 1.11. The van der Waals surface area contributed by atoms with E-state index in [9.17, 15) is 40.2 Å². The molecule has 5 aliphatic carbocycles. The number of esters is 1. The first-order valence-electron chi connectivity index (χ1n) is 21.0. The van der Waals surface area contributed by atoms with Gasteiger partial charge < -0.3 is 54.3 Å². The molecule has 18 atom stereocenters. The van der Waals surface area contributed by atoms with E-state index in [2.05, 4.69) is 54.5 Å². The molecule has 2 aliphatic heterocycles. The fourth-order valence-electron chi connectivity index (χ4n) is 13.7. The van der Waals surface area contributed by atoms with Crippen LogP contribution in [0.2, 0.25) is 0 Å². The molecule has 6 fully saturated rings. The van der Waals surface area contributed by atoms with Crippen molar-refractivity contribution in [3.05, 3.63) is 11.6 Å². The molecule has 0 aromatic rings. The van der Waals surface area contributed by atoms with E-state index in [0.29, 0.717) is 18.8 Å². The fraction of sp³-hybridized carbons (Fsp3) is 0.907. The van der Waals surface area contributed by atoms with E-state index in [0.717, 1.165) is 58.5 Å². The third-order valence-electron chi connectivity index (χ3n) is 17.4. The molecule has 0 bridgehead atoms. The number of carbonyl (C=O) groups is 2. The van der Waals surface area contributed by atoms with Gasteiger partial charge in [0.15, 0.2) is 18.7 Å². The minimum Gasteiger partial charge on any atom is -0.481 e. The summed E-state index contributed by atoms with van der Waals surface area (Å²) in [6.45, 7) is 17.9. The van der Waals surface area contributed by atoms with Crippen LogP contribution in [-0.2, 0) is 33.3 Å². The highest BCUT2D eigenvalue weighted by Crippen LogP contribution is 2.76. The summed E-state index contributed by atoms with van der Waals surface area (Å²) in [5.74, 6) is -0.861. The Bertz CT molecular complexity index is 1560. The van der Waals surface area contributed by atoms with E-state index in [4.69, 9.17) is 23.7 Å². The highest BCUT2D eigenvalue weighted by atomic mass is 16.7. The second-order valence-electron chi connectivity index (χ2n) is 20.9. The van der Waals surface area contributed by atoms with Crippen LogP contribution in [0.4, 0.5) is 0 Å². The maximum Gasteiger partial charge on any atom is 0.337 e. The van der Waals surface area contributed by atoms with E-state index in [-0.39, 0.29) is 33.5 Å². The van der Waals surface area contributed by atoms with Crippen LogP contribution in [0, 0.1) is 50.2 Å². The smallest absolute Gasteiger partial charge is 0.337 e. The average Bonchev–Trinajstić information content (AvgIpc) is 3.13. The molecule has 0 spiro atoms.